The van der Waals surface area contributed by atoms with Gasteiger partial charge in [0.15, 0.2) is 0 Å². The fraction of sp³-hybridized carbons (Fsp3) is 0.552. The molecule has 3 aromatic rings. The van der Waals surface area contributed by atoms with Gasteiger partial charge < -0.3 is 10.0 Å². The molecule has 3 atom stereocenters. The molecule has 38 heavy (non-hydrogen) atoms. The Morgan fingerprint density at radius 2 is 1.97 bits per heavy atom. The number of aliphatic hydroxyl groups excluding tert-OH is 1. The molecule has 2 aliphatic heterocycles. The fourth-order valence-corrected chi connectivity index (χ4v) is 10.2. The average molecular weight is 572 g/mol. The first kappa shape index (κ1) is 25.3. The van der Waals surface area contributed by atoms with E-state index in [0.717, 1.165) is 69.9 Å². The zero-order valence-electron chi connectivity index (χ0n) is 22.1. The monoisotopic (exact) mass is 571 g/mol. The molecule has 202 valence electrons. The number of halogens is 1. The van der Waals surface area contributed by atoms with E-state index in [0.29, 0.717) is 18.4 Å². The first-order valence-corrected chi connectivity index (χ1v) is 16.3. The van der Waals surface area contributed by atoms with Crippen LogP contribution in [0.25, 0.3) is 21.3 Å². The van der Waals surface area contributed by atoms with Crippen molar-refractivity contribution in [2.75, 3.05) is 18.0 Å². The van der Waals surface area contributed by atoms with Crippen LogP contribution in [0.5, 0.6) is 0 Å². The van der Waals surface area contributed by atoms with Gasteiger partial charge in [-0.15, -0.1) is 11.3 Å². The number of hydrogen-bond donors (Lipinski definition) is 1. The number of pyridine rings is 1. The topological polar surface area (TPSA) is 73.7 Å². The Balaban J connectivity index is 1.37. The molecule has 0 amide bonds. The number of fused-ring (bicyclic) bond motifs is 4. The molecule has 2 aromatic heterocycles. The average Bonchev–Trinajstić information content (AvgIpc) is 3.31. The zero-order valence-corrected chi connectivity index (χ0v) is 24.5. The molecule has 0 bridgehead atoms. The lowest BCUT2D eigenvalue weighted by Gasteiger charge is -2.46. The van der Waals surface area contributed by atoms with E-state index in [1.807, 2.05) is 37.3 Å². The molecular weight excluding hydrogens is 538 g/mol. The lowest BCUT2D eigenvalue weighted by molar-refractivity contribution is 0.125. The van der Waals surface area contributed by atoms with Gasteiger partial charge in [-0.3, -0.25) is 4.98 Å². The van der Waals surface area contributed by atoms with Crippen LogP contribution >= 0.6 is 22.9 Å². The van der Waals surface area contributed by atoms with Gasteiger partial charge in [-0.05, 0) is 94.5 Å². The van der Waals surface area contributed by atoms with Crippen LogP contribution in [0.3, 0.4) is 0 Å². The molecule has 4 aliphatic rings. The molecule has 2 saturated carbocycles. The van der Waals surface area contributed by atoms with Crippen molar-refractivity contribution in [2.45, 2.75) is 81.7 Å². The molecule has 6 nitrogen and oxygen atoms in total. The molecule has 9 heteroatoms. The van der Waals surface area contributed by atoms with Crippen molar-refractivity contribution in [3.8, 4) is 11.1 Å². The smallest absolute Gasteiger partial charge is 0.219 e. The number of sulfonamides is 1. The summed E-state index contributed by atoms with van der Waals surface area (Å²) in [6, 6.07) is 8.35. The minimum absolute atomic E-state index is 0.00770. The number of aliphatic hydroxyl groups is 1. The SMILES string of the molecule is CC(C)(C)S(=O)(=O)N1C[C@H](N2C[C@H]3C[C@H]3c3cc(Cl)cc(-c4ccnc5cc(CO)sc45)c32)CC12CCC2. The van der Waals surface area contributed by atoms with Crippen molar-refractivity contribution >= 4 is 48.9 Å². The minimum Gasteiger partial charge on any atom is -0.391 e. The Kier molecular flexibility index (Phi) is 5.59. The van der Waals surface area contributed by atoms with Crippen LogP contribution in [0, 0.1) is 5.92 Å². The van der Waals surface area contributed by atoms with Crippen molar-refractivity contribution in [2.24, 2.45) is 5.92 Å². The Labute approximate surface area is 233 Å². The molecule has 1 saturated heterocycles. The molecule has 0 radical (unpaired) electrons. The van der Waals surface area contributed by atoms with Gasteiger partial charge in [0.05, 0.1) is 21.6 Å². The summed E-state index contributed by atoms with van der Waals surface area (Å²) in [5.41, 5.74) is 5.32. The maximum absolute atomic E-state index is 13.8. The molecule has 1 aromatic carbocycles. The van der Waals surface area contributed by atoms with Crippen LogP contribution in [-0.2, 0) is 16.6 Å². The van der Waals surface area contributed by atoms with Gasteiger partial charge in [-0.25, -0.2) is 8.42 Å². The van der Waals surface area contributed by atoms with Gasteiger partial charge in [-0.2, -0.15) is 4.31 Å². The Bertz CT molecular complexity index is 1560. The second-order valence-corrected chi connectivity index (χ2v) is 16.9. The highest BCUT2D eigenvalue weighted by atomic mass is 35.5. The first-order chi connectivity index (χ1) is 18.0. The standard InChI is InChI=1S/C29H34ClN3O3S2/c1-28(2,3)38(35,36)33-15-19(13-29(33)6-4-7-29)32-14-17-9-22(17)24-11-18(30)10-23(26(24)32)21-5-8-31-25-12-20(16-34)37-27(21)25/h5,8,10-12,17,19,22,34H,4,6-7,9,13-16H2,1-3H3/t17-,19-,22-/m1/s1. The largest absolute Gasteiger partial charge is 0.391 e. The van der Waals surface area contributed by atoms with E-state index in [4.69, 9.17) is 11.6 Å². The molecule has 0 unspecified atom stereocenters. The summed E-state index contributed by atoms with van der Waals surface area (Å²) >= 11 is 8.34. The van der Waals surface area contributed by atoms with Gasteiger partial charge in [0.2, 0.25) is 10.0 Å². The first-order valence-electron chi connectivity index (χ1n) is 13.6. The third-order valence-electron chi connectivity index (χ3n) is 9.36. The molecular formula is C29H34ClN3O3S2. The normalized spacial score (nSPS) is 26.4. The lowest BCUT2D eigenvalue weighted by atomic mass is 9.75. The van der Waals surface area contributed by atoms with E-state index in [-0.39, 0.29) is 18.2 Å². The van der Waals surface area contributed by atoms with Gasteiger partial charge >= 0.3 is 0 Å². The van der Waals surface area contributed by atoms with Gasteiger partial charge in [-0.1, -0.05) is 11.6 Å². The quantitative estimate of drug-likeness (QED) is 0.406. The number of benzene rings is 1. The van der Waals surface area contributed by atoms with E-state index in [9.17, 15) is 13.5 Å². The third kappa shape index (κ3) is 3.63. The van der Waals surface area contributed by atoms with Gasteiger partial charge in [0.1, 0.15) is 0 Å². The highest BCUT2D eigenvalue weighted by Gasteiger charge is 2.59. The van der Waals surface area contributed by atoms with Crippen molar-refractivity contribution in [3.05, 3.63) is 45.9 Å². The van der Waals surface area contributed by atoms with Crippen LogP contribution in [0.2, 0.25) is 5.02 Å². The van der Waals surface area contributed by atoms with E-state index >= 15 is 0 Å². The highest BCUT2D eigenvalue weighted by Crippen LogP contribution is 2.60. The summed E-state index contributed by atoms with van der Waals surface area (Å²) in [7, 11) is -3.44. The van der Waals surface area contributed by atoms with E-state index in [1.165, 1.54) is 11.3 Å². The van der Waals surface area contributed by atoms with E-state index in [2.05, 4.69) is 28.1 Å². The number of rotatable bonds is 4. The molecule has 2 aliphatic carbocycles. The highest BCUT2D eigenvalue weighted by molar-refractivity contribution is 7.90. The third-order valence-corrected chi connectivity index (χ3v) is 13.4. The molecule has 4 heterocycles. The Hall–Kier alpha value is -1.71. The predicted molar refractivity (Wildman–Crippen MR) is 155 cm³/mol. The maximum atomic E-state index is 13.8. The summed E-state index contributed by atoms with van der Waals surface area (Å²) < 4.78 is 29.7. The maximum Gasteiger partial charge on any atom is 0.219 e. The van der Waals surface area contributed by atoms with Crippen LogP contribution in [0.15, 0.2) is 30.5 Å². The summed E-state index contributed by atoms with van der Waals surface area (Å²) in [4.78, 5) is 8.00. The predicted octanol–water partition coefficient (Wildman–Crippen LogP) is 6.16. The van der Waals surface area contributed by atoms with Gasteiger partial charge in [0.25, 0.3) is 0 Å². The number of thiophene rings is 1. The number of aromatic nitrogens is 1. The van der Waals surface area contributed by atoms with Gasteiger partial charge in [0, 0.05) is 57.6 Å². The molecule has 1 N–H and O–H groups in total. The molecule has 7 rings (SSSR count). The summed E-state index contributed by atoms with van der Waals surface area (Å²) in [6.07, 6.45) is 6.85. The number of hydrogen-bond acceptors (Lipinski definition) is 6. The Morgan fingerprint density at radius 3 is 2.66 bits per heavy atom. The Morgan fingerprint density at radius 1 is 1.18 bits per heavy atom. The molecule has 1 spiro atoms. The van der Waals surface area contributed by atoms with Crippen LogP contribution < -0.4 is 4.90 Å². The fourth-order valence-electron chi connectivity index (χ4n) is 7.13. The molecule has 3 fully saturated rings. The number of nitrogens with zero attached hydrogens (tertiary/aromatic N) is 3. The van der Waals surface area contributed by atoms with Crippen molar-refractivity contribution in [3.63, 3.8) is 0 Å². The summed E-state index contributed by atoms with van der Waals surface area (Å²) in [5.74, 6) is 1.11. The van der Waals surface area contributed by atoms with Crippen molar-refractivity contribution in [1.29, 1.82) is 0 Å². The second-order valence-electron chi connectivity index (χ2n) is 12.7. The minimum atomic E-state index is -3.44. The van der Waals surface area contributed by atoms with Crippen molar-refractivity contribution < 1.29 is 13.5 Å². The van der Waals surface area contributed by atoms with Crippen molar-refractivity contribution in [1.82, 2.24) is 9.29 Å². The van der Waals surface area contributed by atoms with Crippen LogP contribution in [-0.4, -0.2) is 52.2 Å². The van der Waals surface area contributed by atoms with Crippen LogP contribution in [0.4, 0.5) is 5.69 Å². The van der Waals surface area contributed by atoms with Crippen LogP contribution in [0.1, 0.15) is 69.2 Å². The zero-order chi connectivity index (χ0) is 26.6. The van der Waals surface area contributed by atoms with E-state index < -0.39 is 14.8 Å². The summed E-state index contributed by atoms with van der Waals surface area (Å²) in [6.45, 7) is 6.96. The van der Waals surface area contributed by atoms with E-state index in [1.54, 1.807) is 11.3 Å². The summed E-state index contributed by atoms with van der Waals surface area (Å²) in [5, 5.41) is 10.5. The second kappa shape index (κ2) is 8.40. The number of anilines is 1. The lowest BCUT2D eigenvalue weighted by Crippen LogP contribution is -2.56.